The number of unbranched alkanes of at least 4 members (excludes halogenated alkanes) is 1. The highest BCUT2D eigenvalue weighted by Gasteiger charge is 2.41. The molecule has 2 fully saturated rings. The zero-order valence-corrected chi connectivity index (χ0v) is 14.5. The van der Waals surface area contributed by atoms with Crippen LogP contribution in [0.3, 0.4) is 0 Å². The quantitative estimate of drug-likeness (QED) is 0.799. The minimum absolute atomic E-state index is 0.127. The molecule has 2 rings (SSSR count). The number of amides is 1. The van der Waals surface area contributed by atoms with Crippen LogP contribution in [0.4, 0.5) is 4.79 Å². The van der Waals surface area contributed by atoms with E-state index in [1.54, 1.807) is 0 Å². The number of carbonyl (C=O) groups excluding carboxylic acids is 1. The molecule has 0 aromatic heterocycles. The molecular weight excluding hydrogens is 278 g/mol. The van der Waals surface area contributed by atoms with E-state index in [-0.39, 0.29) is 6.09 Å². The van der Waals surface area contributed by atoms with Crippen molar-refractivity contribution in [2.75, 3.05) is 13.2 Å². The molecule has 1 saturated heterocycles. The van der Waals surface area contributed by atoms with Crippen molar-refractivity contribution < 1.29 is 14.6 Å². The molecule has 1 heterocycles. The molecule has 2 aliphatic rings. The number of aliphatic hydroxyl groups is 1. The van der Waals surface area contributed by atoms with Crippen molar-refractivity contribution in [2.45, 2.75) is 83.8 Å². The first-order valence-electron chi connectivity index (χ1n) is 9.03. The van der Waals surface area contributed by atoms with Gasteiger partial charge in [0.2, 0.25) is 0 Å². The zero-order chi connectivity index (χ0) is 16.2. The third kappa shape index (κ3) is 4.61. The number of fused-ring (bicyclic) bond motifs is 1. The van der Waals surface area contributed by atoms with Crippen LogP contribution in [-0.2, 0) is 4.74 Å². The standard InChI is InChI=1S/C18H33NO3/c1-18(2,3)22-17(21)19-12-7-10-15-14(8-4-5-13-20)9-6-11-16(15)19/h14-16,20H,4-13H2,1-3H3/t14?,15-,16+/m0/s1. The Morgan fingerprint density at radius 3 is 2.64 bits per heavy atom. The van der Waals surface area contributed by atoms with Crippen LogP contribution >= 0.6 is 0 Å². The topological polar surface area (TPSA) is 49.8 Å². The summed E-state index contributed by atoms with van der Waals surface area (Å²) in [4.78, 5) is 14.5. The summed E-state index contributed by atoms with van der Waals surface area (Å²) in [5.74, 6) is 1.35. The largest absolute Gasteiger partial charge is 0.444 e. The average Bonchev–Trinajstić information content (AvgIpc) is 2.45. The number of carbonyl (C=O) groups is 1. The van der Waals surface area contributed by atoms with E-state index in [0.717, 1.165) is 38.1 Å². The molecule has 0 aromatic rings. The van der Waals surface area contributed by atoms with Gasteiger partial charge in [0.25, 0.3) is 0 Å². The van der Waals surface area contributed by atoms with Gasteiger partial charge in [-0.1, -0.05) is 25.7 Å². The number of likely N-dealkylation sites (tertiary alicyclic amines) is 1. The van der Waals surface area contributed by atoms with Gasteiger partial charge in [0.05, 0.1) is 0 Å². The number of hydrogen-bond donors (Lipinski definition) is 1. The number of piperidine rings is 1. The van der Waals surface area contributed by atoms with Gasteiger partial charge in [-0.25, -0.2) is 4.79 Å². The lowest BCUT2D eigenvalue weighted by atomic mass is 9.69. The minimum Gasteiger partial charge on any atom is -0.444 e. The first-order valence-corrected chi connectivity index (χ1v) is 9.03. The summed E-state index contributed by atoms with van der Waals surface area (Å²) in [6, 6.07) is 0.372. The van der Waals surface area contributed by atoms with Crippen molar-refractivity contribution in [3.8, 4) is 0 Å². The summed E-state index contributed by atoms with van der Waals surface area (Å²) >= 11 is 0. The molecule has 4 heteroatoms. The summed E-state index contributed by atoms with van der Waals surface area (Å²) in [7, 11) is 0. The maximum Gasteiger partial charge on any atom is 0.410 e. The summed E-state index contributed by atoms with van der Waals surface area (Å²) in [5, 5.41) is 8.98. The van der Waals surface area contributed by atoms with Crippen molar-refractivity contribution in [3.63, 3.8) is 0 Å². The zero-order valence-electron chi connectivity index (χ0n) is 14.5. The fraction of sp³-hybridized carbons (Fsp3) is 0.944. The van der Waals surface area contributed by atoms with E-state index in [0.29, 0.717) is 18.6 Å². The second-order valence-corrected chi connectivity index (χ2v) is 7.96. The van der Waals surface area contributed by atoms with Crippen LogP contribution in [0.15, 0.2) is 0 Å². The highest BCUT2D eigenvalue weighted by atomic mass is 16.6. The van der Waals surface area contributed by atoms with Gasteiger partial charge in [0, 0.05) is 19.2 Å². The summed E-state index contributed by atoms with van der Waals surface area (Å²) in [5.41, 5.74) is -0.417. The first kappa shape index (κ1) is 17.6. The maximum absolute atomic E-state index is 12.5. The Labute approximate surface area is 135 Å². The predicted molar refractivity (Wildman–Crippen MR) is 87.7 cm³/mol. The van der Waals surface area contributed by atoms with E-state index in [9.17, 15) is 4.79 Å². The number of ether oxygens (including phenoxy) is 1. The van der Waals surface area contributed by atoms with Gasteiger partial charge in [-0.15, -0.1) is 0 Å². The van der Waals surface area contributed by atoms with Gasteiger partial charge in [0.1, 0.15) is 5.60 Å². The molecule has 1 saturated carbocycles. The fourth-order valence-corrected chi connectivity index (χ4v) is 4.23. The highest BCUT2D eigenvalue weighted by molar-refractivity contribution is 5.68. The summed E-state index contributed by atoms with van der Waals surface area (Å²) < 4.78 is 5.61. The van der Waals surface area contributed by atoms with E-state index in [4.69, 9.17) is 9.84 Å². The Kier molecular flexibility index (Phi) is 6.13. The van der Waals surface area contributed by atoms with Crippen LogP contribution in [0.25, 0.3) is 0 Å². The Morgan fingerprint density at radius 1 is 1.18 bits per heavy atom. The van der Waals surface area contributed by atoms with Crippen molar-refractivity contribution in [3.05, 3.63) is 0 Å². The SMILES string of the molecule is CC(C)(C)OC(=O)N1CCC[C@H]2C(CCCCO)CCC[C@H]21. The van der Waals surface area contributed by atoms with Crippen molar-refractivity contribution in [1.82, 2.24) is 4.90 Å². The van der Waals surface area contributed by atoms with Gasteiger partial charge in [-0.05, 0) is 58.3 Å². The van der Waals surface area contributed by atoms with E-state index in [1.807, 2.05) is 25.7 Å². The molecule has 1 amide bonds. The van der Waals surface area contributed by atoms with E-state index >= 15 is 0 Å². The second-order valence-electron chi connectivity index (χ2n) is 7.96. The van der Waals surface area contributed by atoms with Gasteiger partial charge in [0.15, 0.2) is 0 Å². The molecule has 1 aliphatic heterocycles. The number of rotatable bonds is 4. The van der Waals surface area contributed by atoms with Gasteiger partial charge in [-0.2, -0.15) is 0 Å². The van der Waals surface area contributed by atoms with E-state index in [1.165, 1.54) is 25.7 Å². The number of nitrogens with zero attached hydrogens (tertiary/aromatic N) is 1. The van der Waals surface area contributed by atoms with Gasteiger partial charge in [-0.3, -0.25) is 0 Å². The van der Waals surface area contributed by atoms with Gasteiger partial charge >= 0.3 is 6.09 Å². The van der Waals surface area contributed by atoms with Crippen LogP contribution in [0.5, 0.6) is 0 Å². The highest BCUT2D eigenvalue weighted by Crippen LogP contribution is 2.41. The van der Waals surface area contributed by atoms with Crippen LogP contribution in [0, 0.1) is 11.8 Å². The summed E-state index contributed by atoms with van der Waals surface area (Å²) in [6.07, 6.45) is 9.05. The number of hydrogen-bond acceptors (Lipinski definition) is 3. The molecule has 0 aromatic carbocycles. The molecule has 0 spiro atoms. The Morgan fingerprint density at radius 2 is 1.95 bits per heavy atom. The molecule has 0 radical (unpaired) electrons. The van der Waals surface area contributed by atoms with Crippen LogP contribution in [0.1, 0.15) is 72.1 Å². The van der Waals surface area contributed by atoms with Gasteiger partial charge < -0.3 is 14.7 Å². The molecule has 22 heavy (non-hydrogen) atoms. The maximum atomic E-state index is 12.5. The van der Waals surface area contributed by atoms with Crippen LogP contribution < -0.4 is 0 Å². The molecule has 128 valence electrons. The third-order valence-corrected chi connectivity index (χ3v) is 5.12. The Bertz CT molecular complexity index is 364. The molecule has 0 bridgehead atoms. The Hall–Kier alpha value is -0.770. The number of aliphatic hydroxyl groups excluding tert-OH is 1. The second kappa shape index (κ2) is 7.67. The minimum atomic E-state index is -0.417. The molecule has 1 aliphatic carbocycles. The lowest BCUT2D eigenvalue weighted by molar-refractivity contribution is -0.0193. The molecule has 3 atom stereocenters. The smallest absolute Gasteiger partial charge is 0.410 e. The first-order chi connectivity index (χ1) is 10.4. The lowest BCUT2D eigenvalue weighted by Gasteiger charge is -2.47. The van der Waals surface area contributed by atoms with E-state index in [2.05, 4.69) is 0 Å². The van der Waals surface area contributed by atoms with Crippen LogP contribution in [0.2, 0.25) is 0 Å². The normalized spacial score (nSPS) is 29.1. The monoisotopic (exact) mass is 311 g/mol. The van der Waals surface area contributed by atoms with Crippen molar-refractivity contribution >= 4 is 6.09 Å². The van der Waals surface area contributed by atoms with Crippen LogP contribution in [-0.4, -0.2) is 40.9 Å². The van der Waals surface area contributed by atoms with Crippen molar-refractivity contribution in [1.29, 1.82) is 0 Å². The third-order valence-electron chi connectivity index (χ3n) is 5.12. The Balaban J connectivity index is 1.98. The van der Waals surface area contributed by atoms with E-state index < -0.39 is 5.60 Å². The molecule has 1 unspecified atom stereocenters. The lowest BCUT2D eigenvalue weighted by Crippen LogP contribution is -2.53. The molecular formula is C18H33NO3. The summed E-state index contributed by atoms with van der Waals surface area (Å²) in [6.45, 7) is 6.95. The molecule has 4 nitrogen and oxygen atoms in total. The van der Waals surface area contributed by atoms with Crippen molar-refractivity contribution in [2.24, 2.45) is 11.8 Å². The average molecular weight is 311 g/mol. The molecule has 1 N–H and O–H groups in total. The fourth-order valence-electron chi connectivity index (χ4n) is 4.23. The predicted octanol–water partition coefficient (Wildman–Crippen LogP) is 3.96.